The van der Waals surface area contributed by atoms with Gasteiger partial charge in [-0.1, -0.05) is 18.2 Å². The number of carbonyl (C=O) groups is 1. The van der Waals surface area contributed by atoms with E-state index < -0.39 is 5.97 Å². The van der Waals surface area contributed by atoms with E-state index in [1.807, 2.05) is 35.9 Å². The Morgan fingerprint density at radius 3 is 2.68 bits per heavy atom. The maximum Gasteiger partial charge on any atom is 0.358 e. The molecule has 96 valence electrons. The van der Waals surface area contributed by atoms with Gasteiger partial charge in [0.2, 0.25) is 0 Å². The number of fused-ring (bicyclic) bond motifs is 3. The number of para-hydroxylation sites is 1. The highest BCUT2D eigenvalue weighted by Crippen LogP contribution is 2.37. The summed E-state index contributed by atoms with van der Waals surface area (Å²) in [4.78, 5) is 15.1. The molecule has 0 amide bonds. The smallest absolute Gasteiger partial charge is 0.358 e. The van der Waals surface area contributed by atoms with Gasteiger partial charge in [-0.3, -0.25) is 0 Å². The lowest BCUT2D eigenvalue weighted by atomic mass is 10.1. The van der Waals surface area contributed by atoms with Gasteiger partial charge in [0, 0.05) is 18.0 Å². The molecule has 2 N–H and O–H groups in total. The largest absolute Gasteiger partial charge is 0.505 e. The Bertz CT molecular complexity index is 834. The van der Waals surface area contributed by atoms with Gasteiger partial charge >= 0.3 is 5.97 Å². The molecule has 3 aromatic rings. The molecule has 2 heterocycles. The molecule has 0 fully saturated rings. The van der Waals surface area contributed by atoms with E-state index in [-0.39, 0.29) is 11.4 Å². The van der Waals surface area contributed by atoms with Crippen molar-refractivity contribution in [1.29, 1.82) is 0 Å². The predicted octanol–water partition coefficient (Wildman–Crippen LogP) is 2.44. The van der Waals surface area contributed by atoms with Gasteiger partial charge in [-0.15, -0.1) is 0 Å². The summed E-state index contributed by atoms with van der Waals surface area (Å²) in [5, 5.41) is 20.7. The highest BCUT2D eigenvalue weighted by molar-refractivity contribution is 6.14. The summed E-state index contributed by atoms with van der Waals surface area (Å²) in [7, 11) is 1.87. The molecule has 0 aliphatic rings. The highest BCUT2D eigenvalue weighted by Gasteiger charge is 2.21. The van der Waals surface area contributed by atoms with Crippen LogP contribution in [-0.4, -0.2) is 25.7 Å². The third-order valence-electron chi connectivity index (χ3n) is 3.39. The van der Waals surface area contributed by atoms with E-state index in [1.54, 1.807) is 6.92 Å². The van der Waals surface area contributed by atoms with Crippen LogP contribution in [0.4, 0.5) is 0 Å². The van der Waals surface area contributed by atoms with Crippen molar-refractivity contribution in [2.24, 2.45) is 7.05 Å². The average molecular weight is 256 g/mol. The van der Waals surface area contributed by atoms with Crippen LogP contribution in [0.5, 0.6) is 5.75 Å². The fourth-order valence-corrected chi connectivity index (χ4v) is 2.60. The Kier molecular flexibility index (Phi) is 2.25. The lowest BCUT2D eigenvalue weighted by molar-refractivity contribution is 0.0687. The van der Waals surface area contributed by atoms with E-state index >= 15 is 0 Å². The number of carboxylic acid groups (broad SMARTS) is 1. The second-order valence-electron chi connectivity index (χ2n) is 4.50. The van der Waals surface area contributed by atoms with Crippen LogP contribution in [0.2, 0.25) is 0 Å². The van der Waals surface area contributed by atoms with Gasteiger partial charge in [-0.2, -0.15) is 0 Å². The summed E-state index contributed by atoms with van der Waals surface area (Å²) >= 11 is 0. The van der Waals surface area contributed by atoms with E-state index in [2.05, 4.69) is 4.98 Å². The summed E-state index contributed by atoms with van der Waals surface area (Å²) < 4.78 is 1.92. The standard InChI is InChI=1S/C14H12N2O3/c1-7-12-10(13(17)11(15-7)14(18)19)8-5-3-4-6-9(8)16(12)2/h3-6,17H,1-2H3,(H,18,19). The summed E-state index contributed by atoms with van der Waals surface area (Å²) in [6.45, 7) is 1.74. The lowest BCUT2D eigenvalue weighted by Crippen LogP contribution is -2.03. The van der Waals surface area contributed by atoms with E-state index in [0.29, 0.717) is 11.1 Å². The Balaban J connectivity index is 2.64. The molecule has 0 saturated heterocycles. The van der Waals surface area contributed by atoms with Crippen molar-refractivity contribution >= 4 is 27.8 Å². The number of nitrogens with zero attached hydrogens (tertiary/aromatic N) is 2. The molecule has 0 saturated carbocycles. The summed E-state index contributed by atoms with van der Waals surface area (Å²) in [6, 6.07) is 7.55. The SMILES string of the molecule is Cc1nc(C(=O)O)c(O)c2c3ccccc3n(C)c12. The fraction of sp³-hybridized carbons (Fsp3) is 0.143. The topological polar surface area (TPSA) is 75.3 Å². The van der Waals surface area contributed by atoms with Crippen LogP contribution in [0.1, 0.15) is 16.2 Å². The van der Waals surface area contributed by atoms with Crippen molar-refractivity contribution < 1.29 is 15.0 Å². The highest BCUT2D eigenvalue weighted by atomic mass is 16.4. The van der Waals surface area contributed by atoms with Crippen LogP contribution in [-0.2, 0) is 7.05 Å². The van der Waals surface area contributed by atoms with Crippen LogP contribution >= 0.6 is 0 Å². The molecule has 3 rings (SSSR count). The summed E-state index contributed by atoms with van der Waals surface area (Å²) in [6.07, 6.45) is 0. The first-order chi connectivity index (χ1) is 9.02. The Morgan fingerprint density at radius 2 is 2.00 bits per heavy atom. The van der Waals surface area contributed by atoms with Crippen molar-refractivity contribution in [2.45, 2.75) is 6.92 Å². The number of rotatable bonds is 1. The third-order valence-corrected chi connectivity index (χ3v) is 3.39. The zero-order chi connectivity index (χ0) is 13.7. The van der Waals surface area contributed by atoms with Crippen LogP contribution in [0.15, 0.2) is 24.3 Å². The molecule has 0 spiro atoms. The molecular weight excluding hydrogens is 244 g/mol. The molecular formula is C14H12N2O3. The molecule has 5 heteroatoms. The van der Waals surface area contributed by atoms with Gasteiger partial charge in [-0.25, -0.2) is 9.78 Å². The van der Waals surface area contributed by atoms with Crippen LogP contribution < -0.4 is 0 Å². The van der Waals surface area contributed by atoms with Crippen molar-refractivity contribution in [3.8, 4) is 5.75 Å². The zero-order valence-corrected chi connectivity index (χ0v) is 10.5. The number of aryl methyl sites for hydroxylation is 2. The number of benzene rings is 1. The van der Waals surface area contributed by atoms with Crippen molar-refractivity contribution in [1.82, 2.24) is 9.55 Å². The number of hydrogen-bond acceptors (Lipinski definition) is 3. The first kappa shape index (κ1) is 11.5. The maximum absolute atomic E-state index is 11.1. The summed E-state index contributed by atoms with van der Waals surface area (Å²) in [5.41, 5.74) is 1.97. The molecule has 5 nitrogen and oxygen atoms in total. The lowest BCUT2D eigenvalue weighted by Gasteiger charge is -2.05. The quantitative estimate of drug-likeness (QED) is 0.701. The molecule has 2 aromatic heterocycles. The fourth-order valence-electron chi connectivity index (χ4n) is 2.60. The van der Waals surface area contributed by atoms with Gasteiger partial charge in [0.1, 0.15) is 0 Å². The Hall–Kier alpha value is -2.56. The van der Waals surface area contributed by atoms with Gasteiger partial charge in [0.25, 0.3) is 0 Å². The molecule has 0 aliphatic heterocycles. The molecule has 0 radical (unpaired) electrons. The normalized spacial score (nSPS) is 11.3. The van der Waals surface area contributed by atoms with Crippen LogP contribution in [0.3, 0.4) is 0 Å². The minimum Gasteiger partial charge on any atom is -0.505 e. The average Bonchev–Trinajstić information content (AvgIpc) is 2.69. The second-order valence-corrected chi connectivity index (χ2v) is 4.50. The van der Waals surface area contributed by atoms with Gasteiger partial charge in [0.05, 0.1) is 16.6 Å². The van der Waals surface area contributed by atoms with E-state index in [0.717, 1.165) is 16.4 Å². The second kappa shape index (κ2) is 3.71. The Morgan fingerprint density at radius 1 is 1.32 bits per heavy atom. The van der Waals surface area contributed by atoms with Gasteiger partial charge in [-0.05, 0) is 13.0 Å². The Labute approximate surface area is 108 Å². The predicted molar refractivity (Wildman–Crippen MR) is 71.6 cm³/mol. The minimum atomic E-state index is -1.23. The molecule has 0 unspecified atom stereocenters. The van der Waals surface area contributed by atoms with E-state index in [4.69, 9.17) is 5.11 Å². The van der Waals surface area contributed by atoms with E-state index in [9.17, 15) is 9.90 Å². The van der Waals surface area contributed by atoms with Crippen molar-refractivity contribution in [3.05, 3.63) is 35.7 Å². The number of aromatic nitrogens is 2. The number of pyridine rings is 1. The molecule has 0 atom stereocenters. The van der Waals surface area contributed by atoms with Gasteiger partial charge in [0.15, 0.2) is 11.4 Å². The number of hydrogen-bond donors (Lipinski definition) is 2. The molecule has 0 bridgehead atoms. The van der Waals surface area contributed by atoms with Crippen LogP contribution in [0, 0.1) is 6.92 Å². The maximum atomic E-state index is 11.1. The molecule has 1 aromatic carbocycles. The van der Waals surface area contributed by atoms with Gasteiger partial charge < -0.3 is 14.8 Å². The zero-order valence-electron chi connectivity index (χ0n) is 10.5. The number of carboxylic acids is 1. The molecule has 0 aliphatic carbocycles. The first-order valence-corrected chi connectivity index (χ1v) is 5.82. The van der Waals surface area contributed by atoms with Crippen LogP contribution in [0.25, 0.3) is 21.8 Å². The first-order valence-electron chi connectivity index (χ1n) is 5.82. The number of aromatic carboxylic acids is 1. The van der Waals surface area contributed by atoms with Crippen molar-refractivity contribution in [2.75, 3.05) is 0 Å². The minimum absolute atomic E-state index is 0.273. The monoisotopic (exact) mass is 256 g/mol. The third kappa shape index (κ3) is 1.41. The van der Waals surface area contributed by atoms with Crippen molar-refractivity contribution in [3.63, 3.8) is 0 Å². The number of aromatic hydroxyl groups is 1. The van der Waals surface area contributed by atoms with E-state index in [1.165, 1.54) is 0 Å². The molecule has 19 heavy (non-hydrogen) atoms. The summed E-state index contributed by atoms with van der Waals surface area (Å²) in [5.74, 6) is -1.50.